The van der Waals surface area contributed by atoms with Crippen LogP contribution < -0.4 is 4.72 Å². The Labute approximate surface area is 146 Å². The van der Waals surface area contributed by atoms with Gasteiger partial charge in [-0.3, -0.25) is 9.52 Å². The normalized spacial score (nSPS) is 12.6. The fourth-order valence-corrected chi connectivity index (χ4v) is 4.84. The molecule has 0 spiro atoms. The average Bonchev–Trinajstić information content (AvgIpc) is 2.43. The van der Waals surface area contributed by atoms with Gasteiger partial charge in [-0.15, -0.1) is 0 Å². The van der Waals surface area contributed by atoms with Crippen molar-refractivity contribution in [3.8, 4) is 0 Å². The van der Waals surface area contributed by atoms with E-state index in [1.807, 2.05) is 0 Å². The van der Waals surface area contributed by atoms with Crippen LogP contribution in [0.15, 0.2) is 23.1 Å². The summed E-state index contributed by atoms with van der Waals surface area (Å²) >= 11 is 0. The van der Waals surface area contributed by atoms with E-state index in [1.54, 1.807) is 6.92 Å². The van der Waals surface area contributed by atoms with Gasteiger partial charge in [0, 0.05) is 6.04 Å². The Kier molecular flexibility index (Phi) is 6.91. The SMILES string of the molecule is CCCS(=O)(=O)Nc1ccc(S(=O)(=O)N(CC(=O)O)C(C)C)c(F)c1. The number of anilines is 1. The number of aliphatic carboxylic acids is 1. The second-order valence-corrected chi connectivity index (χ2v) is 9.30. The molecule has 1 aromatic carbocycles. The molecule has 0 amide bonds. The summed E-state index contributed by atoms with van der Waals surface area (Å²) in [6.07, 6.45) is 0.364. The van der Waals surface area contributed by atoms with Gasteiger partial charge < -0.3 is 5.11 Å². The highest BCUT2D eigenvalue weighted by molar-refractivity contribution is 7.92. The predicted octanol–water partition coefficient (Wildman–Crippen LogP) is 1.46. The molecule has 0 aliphatic heterocycles. The van der Waals surface area contributed by atoms with Crippen molar-refractivity contribution in [2.75, 3.05) is 17.0 Å². The van der Waals surface area contributed by atoms with Crippen LogP contribution in [0.25, 0.3) is 0 Å². The summed E-state index contributed by atoms with van der Waals surface area (Å²) in [5.41, 5.74) is -0.112. The highest BCUT2D eigenvalue weighted by atomic mass is 32.2. The van der Waals surface area contributed by atoms with E-state index < -0.39 is 49.3 Å². The van der Waals surface area contributed by atoms with Crippen molar-refractivity contribution in [2.45, 2.75) is 38.1 Å². The molecule has 0 heterocycles. The van der Waals surface area contributed by atoms with E-state index >= 15 is 0 Å². The van der Waals surface area contributed by atoms with E-state index in [-0.39, 0.29) is 11.4 Å². The number of hydrogen-bond acceptors (Lipinski definition) is 5. The number of halogens is 1. The molecule has 8 nitrogen and oxygen atoms in total. The number of nitrogens with zero attached hydrogens (tertiary/aromatic N) is 1. The number of benzene rings is 1. The zero-order chi connectivity index (χ0) is 19.4. The second-order valence-electron chi connectivity index (χ2n) is 5.60. The molecule has 2 N–H and O–H groups in total. The van der Waals surface area contributed by atoms with Crippen molar-refractivity contribution in [2.24, 2.45) is 0 Å². The van der Waals surface area contributed by atoms with Crippen LogP contribution in [0.5, 0.6) is 0 Å². The third-order valence-corrected chi connectivity index (χ3v) is 6.68. The molecule has 0 atom stereocenters. The number of rotatable bonds is 9. The molecule has 0 radical (unpaired) electrons. The Bertz CT molecular complexity index is 837. The van der Waals surface area contributed by atoms with E-state index in [9.17, 15) is 26.0 Å². The van der Waals surface area contributed by atoms with E-state index in [0.717, 1.165) is 18.2 Å². The maximum absolute atomic E-state index is 14.3. The zero-order valence-electron chi connectivity index (χ0n) is 14.1. The van der Waals surface area contributed by atoms with Gasteiger partial charge in [-0.1, -0.05) is 6.92 Å². The number of carboxylic acids is 1. The van der Waals surface area contributed by atoms with E-state index in [1.165, 1.54) is 13.8 Å². The zero-order valence-corrected chi connectivity index (χ0v) is 15.7. The molecule has 0 aromatic heterocycles. The molecule has 0 aliphatic carbocycles. The van der Waals surface area contributed by atoms with Crippen LogP contribution in [0.3, 0.4) is 0 Å². The molecule has 1 aromatic rings. The third kappa shape index (κ3) is 5.65. The maximum atomic E-state index is 14.3. The van der Waals surface area contributed by atoms with Gasteiger partial charge in [0.15, 0.2) is 0 Å². The van der Waals surface area contributed by atoms with Crippen LogP contribution in [-0.4, -0.2) is 50.6 Å². The Hall–Kier alpha value is -1.72. The van der Waals surface area contributed by atoms with E-state index in [4.69, 9.17) is 5.11 Å². The maximum Gasteiger partial charge on any atom is 0.318 e. The molecule has 0 unspecified atom stereocenters. The molecular formula is C14H21FN2O6S2. The third-order valence-electron chi connectivity index (χ3n) is 3.13. The fraction of sp³-hybridized carbons (Fsp3) is 0.500. The lowest BCUT2D eigenvalue weighted by Crippen LogP contribution is -2.40. The van der Waals surface area contributed by atoms with E-state index in [2.05, 4.69) is 4.72 Å². The summed E-state index contributed by atoms with van der Waals surface area (Å²) in [5, 5.41) is 8.86. The molecular weight excluding hydrogens is 375 g/mol. The Morgan fingerprint density at radius 1 is 1.28 bits per heavy atom. The summed E-state index contributed by atoms with van der Waals surface area (Å²) in [4.78, 5) is 10.2. The summed E-state index contributed by atoms with van der Waals surface area (Å²) in [7, 11) is -8.05. The Morgan fingerprint density at radius 3 is 2.32 bits per heavy atom. The fourth-order valence-electron chi connectivity index (χ4n) is 2.08. The van der Waals surface area contributed by atoms with Crippen LogP contribution in [0.2, 0.25) is 0 Å². The first-order valence-corrected chi connectivity index (χ1v) is 10.5. The van der Waals surface area contributed by atoms with Gasteiger partial charge in [-0.2, -0.15) is 4.31 Å². The lowest BCUT2D eigenvalue weighted by Gasteiger charge is -2.24. The minimum absolute atomic E-state index is 0.112. The Morgan fingerprint density at radius 2 is 1.88 bits per heavy atom. The number of carboxylic acid groups (broad SMARTS) is 1. The van der Waals surface area contributed by atoms with Gasteiger partial charge in [0.2, 0.25) is 20.0 Å². The quantitative estimate of drug-likeness (QED) is 0.652. The topological polar surface area (TPSA) is 121 Å². The van der Waals surface area contributed by atoms with Crippen LogP contribution in [-0.2, 0) is 24.8 Å². The van der Waals surface area contributed by atoms with Gasteiger partial charge in [0.05, 0.1) is 11.4 Å². The second kappa shape index (κ2) is 8.11. The van der Waals surface area contributed by atoms with Gasteiger partial charge in [-0.25, -0.2) is 21.2 Å². The van der Waals surface area contributed by atoms with Crippen LogP contribution in [0.4, 0.5) is 10.1 Å². The smallest absolute Gasteiger partial charge is 0.318 e. The van der Waals surface area contributed by atoms with E-state index in [0.29, 0.717) is 10.7 Å². The molecule has 1 rings (SSSR count). The summed E-state index contributed by atoms with van der Waals surface area (Å²) < 4.78 is 65.5. The van der Waals surface area contributed by atoms with Crippen molar-refractivity contribution < 1.29 is 31.1 Å². The van der Waals surface area contributed by atoms with Crippen LogP contribution in [0.1, 0.15) is 27.2 Å². The van der Waals surface area contributed by atoms with Crippen molar-refractivity contribution in [1.82, 2.24) is 4.31 Å². The molecule has 0 bridgehead atoms. The molecule has 0 fully saturated rings. The average molecular weight is 396 g/mol. The molecule has 11 heteroatoms. The van der Waals surface area contributed by atoms with Crippen LogP contribution in [0, 0.1) is 5.82 Å². The van der Waals surface area contributed by atoms with Crippen molar-refractivity contribution in [1.29, 1.82) is 0 Å². The van der Waals surface area contributed by atoms with Crippen molar-refractivity contribution >= 4 is 31.7 Å². The van der Waals surface area contributed by atoms with Gasteiger partial charge in [0.25, 0.3) is 0 Å². The molecule has 0 saturated carbocycles. The van der Waals surface area contributed by atoms with Crippen molar-refractivity contribution in [3.05, 3.63) is 24.0 Å². The minimum atomic E-state index is -4.40. The minimum Gasteiger partial charge on any atom is -0.480 e. The van der Waals surface area contributed by atoms with Gasteiger partial charge in [-0.05, 0) is 38.5 Å². The van der Waals surface area contributed by atoms with Crippen LogP contribution >= 0.6 is 0 Å². The van der Waals surface area contributed by atoms with Crippen molar-refractivity contribution in [3.63, 3.8) is 0 Å². The molecule has 25 heavy (non-hydrogen) atoms. The molecule has 0 aliphatic rings. The first kappa shape index (κ1) is 21.3. The number of sulfonamides is 2. The van der Waals surface area contributed by atoms with Gasteiger partial charge in [0.1, 0.15) is 17.3 Å². The highest BCUT2D eigenvalue weighted by Gasteiger charge is 2.31. The summed E-state index contributed by atoms with van der Waals surface area (Å²) in [6.45, 7) is 3.78. The first-order valence-electron chi connectivity index (χ1n) is 7.44. The number of nitrogens with one attached hydrogen (secondary N) is 1. The summed E-state index contributed by atoms with van der Waals surface area (Å²) in [5.74, 6) is -2.71. The largest absolute Gasteiger partial charge is 0.480 e. The Balaban J connectivity index is 3.24. The molecule has 142 valence electrons. The van der Waals surface area contributed by atoms with Gasteiger partial charge >= 0.3 is 5.97 Å². The molecule has 0 saturated heterocycles. The lowest BCUT2D eigenvalue weighted by molar-refractivity contribution is -0.137. The first-order chi connectivity index (χ1) is 11.4. The predicted molar refractivity (Wildman–Crippen MR) is 90.8 cm³/mol. The standard InChI is InChI=1S/C14H21FN2O6S2/c1-4-7-24(20,21)16-11-5-6-13(12(15)8-11)25(22,23)17(10(2)3)9-14(18)19/h5-6,8,10,16H,4,7,9H2,1-3H3,(H,18,19). The monoisotopic (exact) mass is 396 g/mol. The lowest BCUT2D eigenvalue weighted by atomic mass is 10.3. The number of carbonyl (C=O) groups is 1. The number of hydrogen-bond donors (Lipinski definition) is 2. The highest BCUT2D eigenvalue weighted by Crippen LogP contribution is 2.24. The summed E-state index contributed by atoms with van der Waals surface area (Å²) in [6, 6.07) is 2.07.